The molecule has 1 nitrogen and oxygen atoms in total. The van der Waals surface area contributed by atoms with Gasteiger partial charge in [-0.2, -0.15) is 0 Å². The number of ketones is 1. The Balaban J connectivity index is 1.43. The summed E-state index contributed by atoms with van der Waals surface area (Å²) in [5.41, 5.74) is 4.71. The number of carbonyl (C=O) groups is 1. The summed E-state index contributed by atoms with van der Waals surface area (Å²) >= 11 is 0. The molecule has 4 aromatic carbocycles. The molecule has 4 rings (SSSR count). The van der Waals surface area contributed by atoms with Crippen molar-refractivity contribution in [1.82, 2.24) is 0 Å². The van der Waals surface area contributed by atoms with E-state index in [1.54, 1.807) is 0 Å². The normalized spacial score (nSPS) is 10.8. The molecule has 0 amide bonds. The van der Waals surface area contributed by atoms with Crippen LogP contribution in [0.2, 0.25) is 0 Å². The molecule has 1 heteroatoms. The zero-order chi connectivity index (χ0) is 18.5. The number of Topliss-reactive ketones (excluding diaryl/α,β-unsaturated/α-hetero) is 1. The molecule has 132 valence electrons. The van der Waals surface area contributed by atoms with Crippen LogP contribution in [0.1, 0.15) is 22.3 Å². The Labute approximate surface area is 160 Å². The van der Waals surface area contributed by atoms with Crippen molar-refractivity contribution >= 4 is 16.6 Å². The van der Waals surface area contributed by atoms with Crippen LogP contribution in [0.3, 0.4) is 0 Å². The predicted octanol–water partition coefficient (Wildman–Crippen LogP) is 5.78. The van der Waals surface area contributed by atoms with Crippen molar-refractivity contribution in [2.45, 2.75) is 19.3 Å². The van der Waals surface area contributed by atoms with Crippen LogP contribution in [-0.2, 0) is 24.1 Å². The molecular weight excluding hydrogens is 328 g/mol. The molecular formula is C26H22O. The molecule has 0 aliphatic heterocycles. The van der Waals surface area contributed by atoms with E-state index >= 15 is 0 Å². The second-order valence-corrected chi connectivity index (χ2v) is 7.06. The molecule has 4 aromatic rings. The molecule has 0 bridgehead atoms. The predicted molar refractivity (Wildman–Crippen MR) is 112 cm³/mol. The summed E-state index contributed by atoms with van der Waals surface area (Å²) in [7, 11) is 0. The maximum absolute atomic E-state index is 12.6. The van der Waals surface area contributed by atoms with Crippen molar-refractivity contribution in [3.63, 3.8) is 0 Å². The maximum Gasteiger partial charge on any atom is 0.141 e. The molecule has 27 heavy (non-hydrogen) atoms. The van der Waals surface area contributed by atoms with Crippen LogP contribution in [-0.4, -0.2) is 5.78 Å². The van der Waals surface area contributed by atoms with E-state index in [1.807, 2.05) is 24.3 Å². The summed E-state index contributed by atoms with van der Waals surface area (Å²) < 4.78 is 0. The van der Waals surface area contributed by atoms with Gasteiger partial charge in [-0.3, -0.25) is 4.79 Å². The first-order valence-electron chi connectivity index (χ1n) is 9.37. The van der Waals surface area contributed by atoms with Crippen LogP contribution in [0.5, 0.6) is 0 Å². The fourth-order valence-corrected chi connectivity index (χ4v) is 3.55. The summed E-state index contributed by atoms with van der Waals surface area (Å²) in [5.74, 6) is 0.252. The van der Waals surface area contributed by atoms with Gasteiger partial charge < -0.3 is 0 Å². The Morgan fingerprint density at radius 1 is 0.519 bits per heavy atom. The second kappa shape index (κ2) is 8.01. The van der Waals surface area contributed by atoms with Gasteiger partial charge in [-0.05, 0) is 39.4 Å². The first-order chi connectivity index (χ1) is 13.3. The van der Waals surface area contributed by atoms with Gasteiger partial charge in [0.25, 0.3) is 0 Å². The molecule has 0 radical (unpaired) electrons. The minimum atomic E-state index is 0.252. The Hall–Kier alpha value is -3.19. The lowest BCUT2D eigenvalue weighted by molar-refractivity contribution is -0.117. The number of hydrogen-bond acceptors (Lipinski definition) is 1. The second-order valence-electron chi connectivity index (χ2n) is 7.06. The summed E-state index contributed by atoms with van der Waals surface area (Å²) in [5, 5.41) is 2.40. The van der Waals surface area contributed by atoms with Crippen LogP contribution in [0.15, 0.2) is 97.1 Å². The van der Waals surface area contributed by atoms with Crippen LogP contribution in [0, 0.1) is 0 Å². The van der Waals surface area contributed by atoms with Crippen LogP contribution in [0.4, 0.5) is 0 Å². The molecule has 0 atom stereocenters. The van der Waals surface area contributed by atoms with Crippen molar-refractivity contribution in [1.29, 1.82) is 0 Å². The van der Waals surface area contributed by atoms with Gasteiger partial charge in [0.1, 0.15) is 5.78 Å². The van der Waals surface area contributed by atoms with Gasteiger partial charge in [0.05, 0.1) is 0 Å². The van der Waals surface area contributed by atoms with Crippen molar-refractivity contribution in [2.75, 3.05) is 0 Å². The Morgan fingerprint density at radius 2 is 1.15 bits per heavy atom. The van der Waals surface area contributed by atoms with E-state index in [9.17, 15) is 4.79 Å². The van der Waals surface area contributed by atoms with Gasteiger partial charge in [-0.15, -0.1) is 0 Å². The highest BCUT2D eigenvalue weighted by Gasteiger charge is 2.07. The third kappa shape index (κ3) is 4.51. The highest BCUT2D eigenvalue weighted by atomic mass is 16.1. The van der Waals surface area contributed by atoms with E-state index in [4.69, 9.17) is 0 Å². The molecule has 0 aromatic heterocycles. The van der Waals surface area contributed by atoms with Gasteiger partial charge in [0.2, 0.25) is 0 Å². The minimum Gasteiger partial charge on any atom is -0.299 e. The maximum atomic E-state index is 12.6. The molecule has 0 aliphatic carbocycles. The van der Waals surface area contributed by atoms with Gasteiger partial charge in [-0.1, -0.05) is 97.1 Å². The number of hydrogen-bond donors (Lipinski definition) is 0. The van der Waals surface area contributed by atoms with E-state index in [0.29, 0.717) is 12.8 Å². The lowest BCUT2D eigenvalue weighted by Gasteiger charge is -2.07. The highest BCUT2D eigenvalue weighted by Crippen LogP contribution is 2.17. The van der Waals surface area contributed by atoms with E-state index in [0.717, 1.165) is 17.5 Å². The third-order valence-electron chi connectivity index (χ3n) is 4.86. The van der Waals surface area contributed by atoms with Crippen molar-refractivity contribution < 1.29 is 4.79 Å². The quantitative estimate of drug-likeness (QED) is 0.430. The average Bonchev–Trinajstić information content (AvgIpc) is 2.69. The van der Waals surface area contributed by atoms with Crippen molar-refractivity contribution in [2.24, 2.45) is 0 Å². The molecule has 0 heterocycles. The number of carbonyl (C=O) groups excluding carboxylic acids is 1. The molecule has 0 aliphatic rings. The lowest BCUT2D eigenvalue weighted by atomic mass is 9.98. The summed E-state index contributed by atoms with van der Waals surface area (Å²) in [6.07, 6.45) is 1.86. The SMILES string of the molecule is O=C(Cc1cccc(Cc2ccccc2)c1)Cc1ccc2ccccc2c1. The molecule has 0 unspecified atom stereocenters. The molecule has 0 fully saturated rings. The average molecular weight is 350 g/mol. The first-order valence-corrected chi connectivity index (χ1v) is 9.37. The monoisotopic (exact) mass is 350 g/mol. The van der Waals surface area contributed by atoms with Gasteiger partial charge >= 0.3 is 0 Å². The van der Waals surface area contributed by atoms with E-state index < -0.39 is 0 Å². The van der Waals surface area contributed by atoms with Gasteiger partial charge in [0, 0.05) is 12.8 Å². The first kappa shape index (κ1) is 17.2. The van der Waals surface area contributed by atoms with Gasteiger partial charge in [-0.25, -0.2) is 0 Å². The number of rotatable bonds is 6. The zero-order valence-electron chi connectivity index (χ0n) is 15.3. The van der Waals surface area contributed by atoms with Crippen LogP contribution < -0.4 is 0 Å². The summed E-state index contributed by atoms with van der Waals surface area (Å²) in [6.45, 7) is 0. The summed E-state index contributed by atoms with van der Waals surface area (Å²) in [6, 6.07) is 33.4. The molecule has 0 saturated carbocycles. The zero-order valence-corrected chi connectivity index (χ0v) is 15.3. The number of benzene rings is 4. The van der Waals surface area contributed by atoms with E-state index in [1.165, 1.54) is 21.9 Å². The van der Waals surface area contributed by atoms with Crippen LogP contribution in [0.25, 0.3) is 10.8 Å². The molecule has 0 saturated heterocycles. The smallest absolute Gasteiger partial charge is 0.141 e. The number of fused-ring (bicyclic) bond motifs is 1. The van der Waals surface area contributed by atoms with E-state index in [2.05, 4.69) is 72.8 Å². The highest BCUT2D eigenvalue weighted by molar-refractivity contribution is 5.87. The van der Waals surface area contributed by atoms with Gasteiger partial charge in [0.15, 0.2) is 0 Å². The molecule has 0 N–H and O–H groups in total. The van der Waals surface area contributed by atoms with Crippen LogP contribution >= 0.6 is 0 Å². The third-order valence-corrected chi connectivity index (χ3v) is 4.86. The Morgan fingerprint density at radius 3 is 1.96 bits per heavy atom. The fraction of sp³-hybridized carbons (Fsp3) is 0.115. The van der Waals surface area contributed by atoms with E-state index in [-0.39, 0.29) is 5.78 Å². The standard InChI is InChI=1S/C26H22O/c27-26(19-23-13-14-24-11-4-5-12-25(24)17-23)18-22-10-6-9-21(16-22)15-20-7-2-1-3-8-20/h1-14,16-17H,15,18-19H2. The Bertz CT molecular complexity index is 1060. The lowest BCUT2D eigenvalue weighted by Crippen LogP contribution is -2.07. The molecule has 0 spiro atoms. The largest absolute Gasteiger partial charge is 0.299 e. The fourth-order valence-electron chi connectivity index (χ4n) is 3.55. The minimum absolute atomic E-state index is 0.252. The topological polar surface area (TPSA) is 17.1 Å². The van der Waals surface area contributed by atoms with Crippen molar-refractivity contribution in [3.05, 3.63) is 119 Å². The van der Waals surface area contributed by atoms with Crippen molar-refractivity contribution in [3.8, 4) is 0 Å². The summed E-state index contributed by atoms with van der Waals surface area (Å²) in [4.78, 5) is 12.6. The Kier molecular flexibility index (Phi) is 5.11.